The maximum absolute atomic E-state index is 10.6. The molecule has 0 fully saturated rings. The topological polar surface area (TPSA) is 55.2 Å². The van der Waals surface area contributed by atoms with E-state index in [9.17, 15) is 10.1 Å². The molecule has 4 nitrogen and oxygen atoms in total. The summed E-state index contributed by atoms with van der Waals surface area (Å²) in [5.41, 5.74) is 2.47. The molecule has 1 aliphatic rings. The van der Waals surface area contributed by atoms with Gasteiger partial charge < -0.3 is 5.32 Å². The van der Waals surface area contributed by atoms with E-state index in [-0.39, 0.29) is 10.6 Å². The minimum atomic E-state index is -0.340. The van der Waals surface area contributed by atoms with Crippen molar-refractivity contribution in [2.75, 3.05) is 0 Å². The Morgan fingerprint density at radius 3 is 3.00 bits per heavy atom. The first-order chi connectivity index (χ1) is 6.66. The zero-order valence-electron chi connectivity index (χ0n) is 7.99. The maximum atomic E-state index is 10.6. The van der Waals surface area contributed by atoms with Gasteiger partial charge >= 0.3 is 0 Å². The normalized spacial score (nSPS) is 20.2. The number of non-ortho nitro benzene ring substituents is 1. The molecule has 0 saturated heterocycles. The van der Waals surface area contributed by atoms with Crippen LogP contribution in [0.1, 0.15) is 18.1 Å². The monoisotopic (exact) mass is 192 g/mol. The van der Waals surface area contributed by atoms with Crippen LogP contribution in [0.5, 0.6) is 0 Å². The van der Waals surface area contributed by atoms with Gasteiger partial charge in [0.2, 0.25) is 0 Å². The van der Waals surface area contributed by atoms with Gasteiger partial charge in [-0.2, -0.15) is 0 Å². The Bertz CT molecular complexity index is 376. The quantitative estimate of drug-likeness (QED) is 0.543. The Morgan fingerprint density at radius 2 is 2.29 bits per heavy atom. The highest BCUT2D eigenvalue weighted by Gasteiger charge is 2.17. The third kappa shape index (κ3) is 1.61. The molecule has 0 spiro atoms. The van der Waals surface area contributed by atoms with E-state index in [0.717, 1.165) is 18.5 Å². The zero-order chi connectivity index (χ0) is 10.1. The molecule has 0 radical (unpaired) electrons. The Morgan fingerprint density at radius 1 is 1.50 bits per heavy atom. The molecular weight excluding hydrogens is 180 g/mol. The number of hydrogen-bond donors (Lipinski definition) is 1. The van der Waals surface area contributed by atoms with Crippen LogP contribution in [0, 0.1) is 10.1 Å². The van der Waals surface area contributed by atoms with Crippen LogP contribution in [-0.4, -0.2) is 11.0 Å². The molecule has 14 heavy (non-hydrogen) atoms. The first kappa shape index (κ1) is 9.15. The van der Waals surface area contributed by atoms with Gasteiger partial charge in [-0.25, -0.2) is 0 Å². The zero-order valence-corrected chi connectivity index (χ0v) is 7.99. The molecule has 1 aromatic carbocycles. The van der Waals surface area contributed by atoms with Gasteiger partial charge in [0, 0.05) is 24.7 Å². The Balaban J connectivity index is 2.37. The molecule has 0 aliphatic carbocycles. The van der Waals surface area contributed by atoms with E-state index in [0.29, 0.717) is 6.04 Å². The van der Waals surface area contributed by atoms with Gasteiger partial charge in [-0.15, -0.1) is 0 Å². The summed E-state index contributed by atoms with van der Waals surface area (Å²) in [6, 6.07) is 5.50. The molecule has 0 aromatic heterocycles. The summed E-state index contributed by atoms with van der Waals surface area (Å²) in [6.07, 6.45) is 0.872. The number of nitro benzene ring substituents is 1. The van der Waals surface area contributed by atoms with Crippen molar-refractivity contribution in [2.24, 2.45) is 0 Å². The molecule has 1 aliphatic heterocycles. The van der Waals surface area contributed by atoms with E-state index in [2.05, 4.69) is 12.2 Å². The number of nitro groups is 1. The standard InChI is InChI=1S/C10H12N2O2/c1-7-4-9-5-10(12(13)14)3-2-8(9)6-11-7/h2-3,5,7,11H,4,6H2,1H3/t7-/m1/s1. The third-order valence-corrected chi connectivity index (χ3v) is 2.57. The molecule has 0 bridgehead atoms. The highest BCUT2D eigenvalue weighted by atomic mass is 16.6. The second-order valence-corrected chi connectivity index (χ2v) is 3.70. The molecule has 0 unspecified atom stereocenters. The lowest BCUT2D eigenvalue weighted by molar-refractivity contribution is -0.384. The fraction of sp³-hybridized carbons (Fsp3) is 0.400. The van der Waals surface area contributed by atoms with Gasteiger partial charge in [0.05, 0.1) is 4.92 Å². The molecule has 74 valence electrons. The molecule has 0 amide bonds. The smallest absolute Gasteiger partial charge is 0.269 e. The number of nitrogens with zero attached hydrogens (tertiary/aromatic N) is 1. The van der Waals surface area contributed by atoms with Crippen LogP contribution >= 0.6 is 0 Å². The Hall–Kier alpha value is -1.42. The third-order valence-electron chi connectivity index (χ3n) is 2.57. The van der Waals surface area contributed by atoms with Gasteiger partial charge in [-0.1, -0.05) is 6.07 Å². The van der Waals surface area contributed by atoms with Crippen molar-refractivity contribution in [3.8, 4) is 0 Å². The summed E-state index contributed by atoms with van der Waals surface area (Å²) in [5.74, 6) is 0. The van der Waals surface area contributed by atoms with Crippen molar-refractivity contribution in [1.29, 1.82) is 0 Å². The lowest BCUT2D eigenvalue weighted by atomic mass is 9.96. The van der Waals surface area contributed by atoms with Crippen molar-refractivity contribution in [3.05, 3.63) is 39.4 Å². The molecule has 0 saturated carbocycles. The predicted octanol–water partition coefficient (Wildman–Crippen LogP) is 1.63. The van der Waals surface area contributed by atoms with Crippen LogP contribution < -0.4 is 5.32 Å². The van der Waals surface area contributed by atoms with Crippen LogP contribution in [-0.2, 0) is 13.0 Å². The van der Waals surface area contributed by atoms with Gasteiger partial charge in [-0.05, 0) is 24.5 Å². The highest BCUT2D eigenvalue weighted by Crippen LogP contribution is 2.22. The van der Waals surface area contributed by atoms with Crippen LogP contribution in [0.2, 0.25) is 0 Å². The average Bonchev–Trinajstić information content (AvgIpc) is 2.16. The summed E-state index contributed by atoms with van der Waals surface area (Å²) in [4.78, 5) is 10.2. The second kappa shape index (κ2) is 3.38. The maximum Gasteiger partial charge on any atom is 0.269 e. The van der Waals surface area contributed by atoms with E-state index in [1.165, 1.54) is 5.56 Å². The number of nitrogens with one attached hydrogen (secondary N) is 1. The van der Waals surface area contributed by atoms with Crippen LogP contribution in [0.15, 0.2) is 18.2 Å². The summed E-state index contributed by atoms with van der Waals surface area (Å²) in [5, 5.41) is 13.9. The molecule has 4 heteroatoms. The number of rotatable bonds is 1. The lowest BCUT2D eigenvalue weighted by Crippen LogP contribution is -2.32. The molecular formula is C10H12N2O2. The molecule has 1 atom stereocenters. The first-order valence-electron chi connectivity index (χ1n) is 4.66. The largest absolute Gasteiger partial charge is 0.310 e. The van der Waals surface area contributed by atoms with Crippen molar-refractivity contribution in [2.45, 2.75) is 25.9 Å². The van der Waals surface area contributed by atoms with E-state index in [4.69, 9.17) is 0 Å². The van der Waals surface area contributed by atoms with Crippen molar-refractivity contribution in [3.63, 3.8) is 0 Å². The average molecular weight is 192 g/mol. The minimum Gasteiger partial charge on any atom is -0.310 e. The molecule has 2 rings (SSSR count). The minimum absolute atomic E-state index is 0.192. The number of fused-ring (bicyclic) bond motifs is 1. The Kier molecular flexibility index (Phi) is 2.21. The van der Waals surface area contributed by atoms with Crippen LogP contribution in [0.4, 0.5) is 5.69 Å². The number of benzene rings is 1. The van der Waals surface area contributed by atoms with Crippen molar-refractivity contribution >= 4 is 5.69 Å². The van der Waals surface area contributed by atoms with E-state index in [1.807, 2.05) is 6.07 Å². The Labute approximate surface area is 82.1 Å². The van der Waals surface area contributed by atoms with Crippen molar-refractivity contribution < 1.29 is 4.92 Å². The van der Waals surface area contributed by atoms with E-state index < -0.39 is 0 Å². The number of hydrogen-bond acceptors (Lipinski definition) is 3. The molecule has 1 N–H and O–H groups in total. The van der Waals surface area contributed by atoms with E-state index >= 15 is 0 Å². The summed E-state index contributed by atoms with van der Waals surface area (Å²) in [7, 11) is 0. The fourth-order valence-electron chi connectivity index (χ4n) is 1.77. The van der Waals surface area contributed by atoms with Crippen molar-refractivity contribution in [1.82, 2.24) is 5.32 Å². The van der Waals surface area contributed by atoms with Gasteiger partial charge in [0.15, 0.2) is 0 Å². The lowest BCUT2D eigenvalue weighted by Gasteiger charge is -2.22. The van der Waals surface area contributed by atoms with Gasteiger partial charge in [0.25, 0.3) is 5.69 Å². The highest BCUT2D eigenvalue weighted by molar-refractivity contribution is 5.41. The summed E-state index contributed by atoms with van der Waals surface area (Å²) >= 11 is 0. The first-order valence-corrected chi connectivity index (χ1v) is 4.66. The second-order valence-electron chi connectivity index (χ2n) is 3.70. The summed E-state index contributed by atoms with van der Waals surface area (Å²) < 4.78 is 0. The fourth-order valence-corrected chi connectivity index (χ4v) is 1.77. The van der Waals surface area contributed by atoms with Gasteiger partial charge in [-0.3, -0.25) is 10.1 Å². The summed E-state index contributed by atoms with van der Waals surface area (Å²) in [6.45, 7) is 2.90. The van der Waals surface area contributed by atoms with Crippen LogP contribution in [0.25, 0.3) is 0 Å². The predicted molar refractivity (Wildman–Crippen MR) is 53.1 cm³/mol. The van der Waals surface area contributed by atoms with E-state index in [1.54, 1.807) is 12.1 Å². The molecule has 1 heterocycles. The SMILES string of the molecule is C[C@@H]1Cc2cc([N+](=O)[O-])ccc2CN1. The van der Waals surface area contributed by atoms with Crippen LogP contribution in [0.3, 0.4) is 0 Å². The van der Waals surface area contributed by atoms with Gasteiger partial charge in [0.1, 0.15) is 0 Å². The molecule has 1 aromatic rings.